The molecule has 5 rings (SSSR count). The first-order valence-corrected chi connectivity index (χ1v) is 12.2. The molecule has 7 nitrogen and oxygen atoms in total. The van der Waals surface area contributed by atoms with E-state index in [9.17, 15) is 18.7 Å². The topological polar surface area (TPSA) is 97.2 Å². The fraction of sp³-hybridized carbons (Fsp3) is 0.133. The minimum Gasteiger partial charge on any atom is -0.506 e. The number of nitrogens with zero attached hydrogens (tertiary/aromatic N) is 3. The van der Waals surface area contributed by atoms with Crippen LogP contribution in [0.25, 0.3) is 22.2 Å². The Kier molecular flexibility index (Phi) is 6.85. The van der Waals surface area contributed by atoms with E-state index < -0.39 is 23.5 Å². The first-order chi connectivity index (χ1) is 19.0. The largest absolute Gasteiger partial charge is 0.506 e. The van der Waals surface area contributed by atoms with Crippen LogP contribution in [0, 0.1) is 45.3 Å². The number of benzene rings is 2. The van der Waals surface area contributed by atoms with Gasteiger partial charge in [0.25, 0.3) is 5.91 Å². The number of hydrogen-bond acceptors (Lipinski definition) is 6. The minimum absolute atomic E-state index is 0.0909. The van der Waals surface area contributed by atoms with Crippen molar-refractivity contribution in [1.29, 1.82) is 0 Å². The highest BCUT2D eigenvalue weighted by atomic mass is 19.1. The molecule has 2 aromatic carbocycles. The minimum atomic E-state index is -0.805. The van der Waals surface area contributed by atoms with E-state index in [2.05, 4.69) is 20.3 Å². The summed E-state index contributed by atoms with van der Waals surface area (Å²) in [5, 5.41) is 13.7. The highest BCUT2D eigenvalue weighted by Crippen LogP contribution is 2.38. The normalized spacial score (nSPS) is 11.1. The zero-order chi connectivity index (χ0) is 28.7. The van der Waals surface area contributed by atoms with Gasteiger partial charge in [0.15, 0.2) is 17.3 Å². The van der Waals surface area contributed by atoms with Crippen molar-refractivity contribution >= 4 is 22.6 Å². The van der Waals surface area contributed by atoms with Crippen molar-refractivity contribution in [2.75, 3.05) is 5.32 Å². The number of pyridine rings is 3. The van der Waals surface area contributed by atoms with E-state index in [0.717, 1.165) is 6.07 Å². The number of aryl methyl sites for hydroxylation is 4. The number of carbonyl (C=O) groups is 1. The summed E-state index contributed by atoms with van der Waals surface area (Å²) in [7, 11) is 0. The lowest BCUT2D eigenvalue weighted by Gasteiger charge is -2.17. The van der Waals surface area contributed by atoms with Gasteiger partial charge in [-0.05, 0) is 69.2 Å². The van der Waals surface area contributed by atoms with Crippen LogP contribution in [0.5, 0.6) is 17.2 Å². The number of nitrogens with one attached hydrogen (secondary N) is 1. The van der Waals surface area contributed by atoms with Crippen LogP contribution < -0.4 is 10.1 Å². The summed E-state index contributed by atoms with van der Waals surface area (Å²) in [6, 6.07) is 10.8. The molecule has 2 N–H and O–H groups in total. The molecule has 0 aliphatic heterocycles. The average molecular weight is 545 g/mol. The first kappa shape index (κ1) is 26.6. The van der Waals surface area contributed by atoms with Gasteiger partial charge in [-0.15, -0.1) is 0 Å². The van der Waals surface area contributed by atoms with Crippen LogP contribution in [0.15, 0.2) is 54.7 Å². The molecule has 0 saturated heterocycles. The van der Waals surface area contributed by atoms with Crippen LogP contribution in [0.3, 0.4) is 0 Å². The first-order valence-electron chi connectivity index (χ1n) is 12.2. The number of rotatable bonds is 5. The quantitative estimate of drug-likeness (QED) is 0.229. The van der Waals surface area contributed by atoms with Crippen LogP contribution >= 0.6 is 0 Å². The Bertz CT molecular complexity index is 1830. The Morgan fingerprint density at radius 3 is 2.38 bits per heavy atom. The molecule has 0 aliphatic rings. The number of aromatic hydroxyl groups is 1. The van der Waals surface area contributed by atoms with Crippen molar-refractivity contribution in [3.05, 3.63) is 100 Å². The molecule has 40 heavy (non-hydrogen) atoms. The van der Waals surface area contributed by atoms with E-state index >= 15 is 4.39 Å². The highest BCUT2D eigenvalue weighted by molar-refractivity contribution is 6.08. The number of aromatic nitrogens is 3. The maximum atomic E-state index is 15.0. The maximum absolute atomic E-state index is 15.0. The lowest BCUT2D eigenvalue weighted by molar-refractivity contribution is 0.102. The van der Waals surface area contributed by atoms with Gasteiger partial charge in [0.05, 0.1) is 11.2 Å². The molecular weight excluding hydrogens is 521 g/mol. The number of halogens is 3. The molecule has 202 valence electrons. The number of amides is 1. The summed E-state index contributed by atoms with van der Waals surface area (Å²) >= 11 is 0. The Balaban J connectivity index is 1.43. The fourth-order valence-corrected chi connectivity index (χ4v) is 4.51. The van der Waals surface area contributed by atoms with Crippen LogP contribution in [0.2, 0.25) is 0 Å². The van der Waals surface area contributed by atoms with E-state index in [4.69, 9.17) is 4.74 Å². The number of ether oxygens (including phenoxy) is 1. The van der Waals surface area contributed by atoms with E-state index in [1.54, 1.807) is 27.7 Å². The molecule has 0 fully saturated rings. The number of fused-ring (bicyclic) bond motifs is 1. The van der Waals surface area contributed by atoms with Gasteiger partial charge >= 0.3 is 0 Å². The molecule has 0 unspecified atom stereocenters. The van der Waals surface area contributed by atoms with Gasteiger partial charge in [-0.1, -0.05) is 6.07 Å². The second-order valence-electron chi connectivity index (χ2n) is 9.31. The molecule has 1 amide bonds. The maximum Gasteiger partial charge on any atom is 0.261 e. The zero-order valence-electron chi connectivity index (χ0n) is 21.9. The third-order valence-electron chi connectivity index (χ3n) is 6.43. The molecule has 0 bridgehead atoms. The standard InChI is InChI=1S/C30H23F3N4O3/c1-14-11-18(31)5-7-20(14)25-16(3)35-17(4)26(28(25)38)30(39)36-19-6-8-23(21(32)13-19)40-24-9-10-34-22-12-15(2)29(33)37-27(22)24/h5-13H,1-4H3,(H,35,38)(H,36,39). The van der Waals surface area contributed by atoms with Crippen LogP contribution in [-0.4, -0.2) is 26.0 Å². The third kappa shape index (κ3) is 4.91. The average Bonchev–Trinajstić information content (AvgIpc) is 2.87. The zero-order valence-corrected chi connectivity index (χ0v) is 21.9. The molecule has 0 saturated carbocycles. The lowest BCUT2D eigenvalue weighted by atomic mass is 9.95. The van der Waals surface area contributed by atoms with Crippen molar-refractivity contribution in [2.24, 2.45) is 0 Å². The van der Waals surface area contributed by atoms with E-state index in [1.165, 1.54) is 48.7 Å². The Hall–Kier alpha value is -4.99. The van der Waals surface area contributed by atoms with Gasteiger partial charge in [0.1, 0.15) is 22.6 Å². The smallest absolute Gasteiger partial charge is 0.261 e. The summed E-state index contributed by atoms with van der Waals surface area (Å²) in [4.78, 5) is 25.6. The number of anilines is 1. The second kappa shape index (κ2) is 10.3. The molecule has 0 spiro atoms. The van der Waals surface area contributed by atoms with Crippen molar-refractivity contribution in [3.63, 3.8) is 0 Å². The fourth-order valence-electron chi connectivity index (χ4n) is 4.51. The van der Waals surface area contributed by atoms with Gasteiger partial charge in [-0.2, -0.15) is 4.39 Å². The van der Waals surface area contributed by atoms with Gasteiger partial charge in [-0.3, -0.25) is 14.8 Å². The highest BCUT2D eigenvalue weighted by Gasteiger charge is 2.23. The molecular formula is C30H23F3N4O3. The Labute approximate surface area is 227 Å². The van der Waals surface area contributed by atoms with Gasteiger partial charge < -0.3 is 15.2 Å². The molecule has 0 aliphatic carbocycles. The van der Waals surface area contributed by atoms with E-state index in [1.807, 2.05) is 0 Å². The molecule has 5 aromatic rings. The van der Waals surface area contributed by atoms with E-state index in [-0.39, 0.29) is 39.7 Å². The number of carbonyl (C=O) groups excluding carboxylic acids is 1. The predicted molar refractivity (Wildman–Crippen MR) is 144 cm³/mol. The van der Waals surface area contributed by atoms with Gasteiger partial charge in [-0.25, -0.2) is 13.8 Å². The van der Waals surface area contributed by atoms with Crippen LogP contribution in [0.4, 0.5) is 18.9 Å². The molecule has 3 aromatic heterocycles. The SMILES string of the molecule is Cc1cc(F)ccc1-c1c(C)nc(C)c(C(=O)Nc2ccc(Oc3ccnc4cc(C)c(F)nc34)c(F)c2)c1O. The van der Waals surface area contributed by atoms with Gasteiger partial charge in [0.2, 0.25) is 5.95 Å². The summed E-state index contributed by atoms with van der Waals surface area (Å²) in [5.41, 5.74) is 2.93. The second-order valence-corrected chi connectivity index (χ2v) is 9.31. The molecule has 10 heteroatoms. The van der Waals surface area contributed by atoms with Crippen molar-refractivity contribution < 1.29 is 27.8 Å². The van der Waals surface area contributed by atoms with Crippen molar-refractivity contribution in [3.8, 4) is 28.4 Å². The number of hydrogen-bond donors (Lipinski definition) is 2. The Morgan fingerprint density at radius 2 is 1.65 bits per heavy atom. The lowest BCUT2D eigenvalue weighted by Crippen LogP contribution is -2.16. The monoisotopic (exact) mass is 544 g/mol. The summed E-state index contributed by atoms with van der Waals surface area (Å²) in [6.07, 6.45) is 1.44. The summed E-state index contributed by atoms with van der Waals surface area (Å²) in [5.74, 6) is -3.04. The van der Waals surface area contributed by atoms with Crippen molar-refractivity contribution in [1.82, 2.24) is 15.0 Å². The summed E-state index contributed by atoms with van der Waals surface area (Å²) < 4.78 is 48.4. The summed E-state index contributed by atoms with van der Waals surface area (Å²) in [6.45, 7) is 6.49. The van der Waals surface area contributed by atoms with Crippen LogP contribution in [0.1, 0.15) is 32.9 Å². The Morgan fingerprint density at radius 1 is 0.875 bits per heavy atom. The van der Waals surface area contributed by atoms with Crippen LogP contribution in [-0.2, 0) is 0 Å². The van der Waals surface area contributed by atoms with Gasteiger partial charge in [0, 0.05) is 40.8 Å². The van der Waals surface area contributed by atoms with Crippen molar-refractivity contribution in [2.45, 2.75) is 27.7 Å². The van der Waals surface area contributed by atoms with E-state index in [0.29, 0.717) is 33.5 Å². The predicted octanol–water partition coefficient (Wildman–Crippen LogP) is 7.09. The molecule has 3 heterocycles. The third-order valence-corrected chi connectivity index (χ3v) is 6.43. The molecule has 0 radical (unpaired) electrons. The molecule has 0 atom stereocenters.